The average Bonchev–Trinajstić information content (AvgIpc) is 2.45. The summed E-state index contributed by atoms with van der Waals surface area (Å²) in [7, 11) is 1.62. The second-order valence-electron chi connectivity index (χ2n) is 4.84. The van der Waals surface area contributed by atoms with Crippen LogP contribution >= 0.6 is 0 Å². The minimum Gasteiger partial charge on any atom is -0.435 e. The van der Waals surface area contributed by atoms with Gasteiger partial charge in [0.05, 0.1) is 0 Å². The molecule has 21 heavy (non-hydrogen) atoms. The van der Waals surface area contributed by atoms with Crippen molar-refractivity contribution in [3.63, 3.8) is 0 Å². The van der Waals surface area contributed by atoms with Crippen LogP contribution in [0.2, 0.25) is 0 Å². The van der Waals surface area contributed by atoms with E-state index in [0.29, 0.717) is 13.0 Å². The number of aryl methyl sites for hydroxylation is 1. The Kier molecular flexibility index (Phi) is 7.68. The quantitative estimate of drug-likeness (QED) is 0.736. The minimum atomic E-state index is -2.79. The Morgan fingerprint density at radius 2 is 1.95 bits per heavy atom. The Balaban J connectivity index is 2.26. The van der Waals surface area contributed by atoms with E-state index >= 15 is 0 Å². The van der Waals surface area contributed by atoms with Crippen molar-refractivity contribution in [2.45, 2.75) is 38.8 Å². The topological polar surface area (TPSA) is 50.4 Å². The second-order valence-corrected chi connectivity index (χ2v) is 4.84. The molecular weight excluding hydrogens is 278 g/mol. The van der Waals surface area contributed by atoms with Crippen molar-refractivity contribution in [1.82, 2.24) is 10.6 Å². The molecule has 0 saturated carbocycles. The summed E-state index contributed by atoms with van der Waals surface area (Å²) in [4.78, 5) is 11.1. The predicted octanol–water partition coefficient (Wildman–Crippen LogP) is 2.33. The number of nitrogens with one attached hydrogen (secondary N) is 2. The Hall–Kier alpha value is -1.69. The van der Waals surface area contributed by atoms with Gasteiger partial charge in [0.1, 0.15) is 5.75 Å². The molecule has 0 bridgehead atoms. The molecule has 118 valence electrons. The Bertz CT molecular complexity index is 424. The lowest BCUT2D eigenvalue weighted by molar-refractivity contribution is -0.120. The van der Waals surface area contributed by atoms with E-state index < -0.39 is 6.61 Å². The molecule has 1 rings (SSSR count). The number of halogens is 2. The molecule has 0 spiro atoms. The number of ether oxygens (including phenoxy) is 1. The molecule has 0 aliphatic heterocycles. The minimum absolute atomic E-state index is 0.0179. The monoisotopic (exact) mass is 300 g/mol. The number of amides is 1. The van der Waals surface area contributed by atoms with Crippen LogP contribution in [0.25, 0.3) is 0 Å². The highest BCUT2D eigenvalue weighted by atomic mass is 19.3. The summed E-state index contributed by atoms with van der Waals surface area (Å²) in [6, 6.07) is 6.95. The molecule has 1 amide bonds. The SMILES string of the molecule is CNC(=O)CCNC(C)CCc1ccc(OC(F)F)cc1. The molecule has 0 fully saturated rings. The van der Waals surface area contributed by atoms with Crippen LogP contribution in [-0.4, -0.2) is 32.2 Å². The predicted molar refractivity (Wildman–Crippen MR) is 77.5 cm³/mol. The van der Waals surface area contributed by atoms with Gasteiger partial charge in [-0.05, 0) is 37.5 Å². The zero-order chi connectivity index (χ0) is 15.7. The molecule has 1 unspecified atom stereocenters. The van der Waals surface area contributed by atoms with Crippen LogP contribution in [0.15, 0.2) is 24.3 Å². The third-order valence-corrected chi connectivity index (χ3v) is 3.14. The first kappa shape index (κ1) is 17.4. The first-order chi connectivity index (χ1) is 10.0. The van der Waals surface area contributed by atoms with Gasteiger partial charge in [-0.3, -0.25) is 4.79 Å². The van der Waals surface area contributed by atoms with Crippen LogP contribution in [0.1, 0.15) is 25.3 Å². The summed E-state index contributed by atoms with van der Waals surface area (Å²) >= 11 is 0. The number of benzene rings is 1. The molecule has 0 aliphatic rings. The van der Waals surface area contributed by atoms with E-state index in [4.69, 9.17) is 0 Å². The summed E-state index contributed by atoms with van der Waals surface area (Å²) < 4.78 is 28.3. The van der Waals surface area contributed by atoms with E-state index in [-0.39, 0.29) is 17.7 Å². The summed E-state index contributed by atoms with van der Waals surface area (Å²) in [5, 5.41) is 5.84. The molecule has 0 saturated heterocycles. The third kappa shape index (κ3) is 7.60. The molecular formula is C15H22F2N2O2. The van der Waals surface area contributed by atoms with E-state index in [1.54, 1.807) is 31.3 Å². The maximum atomic E-state index is 12.0. The Morgan fingerprint density at radius 1 is 1.29 bits per heavy atom. The van der Waals surface area contributed by atoms with Crippen molar-refractivity contribution in [2.75, 3.05) is 13.6 Å². The van der Waals surface area contributed by atoms with Crippen molar-refractivity contribution in [2.24, 2.45) is 0 Å². The molecule has 1 aromatic carbocycles. The van der Waals surface area contributed by atoms with Crippen LogP contribution in [0.4, 0.5) is 8.78 Å². The molecule has 4 nitrogen and oxygen atoms in total. The number of hydrogen-bond donors (Lipinski definition) is 2. The van der Waals surface area contributed by atoms with Gasteiger partial charge in [0.2, 0.25) is 5.91 Å². The molecule has 0 radical (unpaired) electrons. The third-order valence-electron chi connectivity index (χ3n) is 3.14. The average molecular weight is 300 g/mol. The van der Waals surface area contributed by atoms with E-state index in [9.17, 15) is 13.6 Å². The fourth-order valence-electron chi connectivity index (χ4n) is 1.88. The van der Waals surface area contributed by atoms with Crippen LogP contribution in [0.3, 0.4) is 0 Å². The van der Waals surface area contributed by atoms with Crippen molar-refractivity contribution in [3.05, 3.63) is 29.8 Å². The van der Waals surface area contributed by atoms with Gasteiger partial charge in [-0.1, -0.05) is 12.1 Å². The number of carbonyl (C=O) groups excluding carboxylic acids is 1. The second kappa shape index (κ2) is 9.28. The number of alkyl halides is 2. The van der Waals surface area contributed by atoms with Gasteiger partial charge in [-0.15, -0.1) is 0 Å². The van der Waals surface area contributed by atoms with Crippen LogP contribution in [-0.2, 0) is 11.2 Å². The van der Waals surface area contributed by atoms with Crippen LogP contribution in [0, 0.1) is 0 Å². The molecule has 6 heteroatoms. The van der Waals surface area contributed by atoms with E-state index in [2.05, 4.69) is 22.3 Å². The zero-order valence-electron chi connectivity index (χ0n) is 12.4. The van der Waals surface area contributed by atoms with Gasteiger partial charge in [0.15, 0.2) is 0 Å². The first-order valence-electron chi connectivity index (χ1n) is 6.99. The Morgan fingerprint density at radius 3 is 2.52 bits per heavy atom. The van der Waals surface area contributed by atoms with Gasteiger partial charge in [0, 0.05) is 26.1 Å². The van der Waals surface area contributed by atoms with Gasteiger partial charge >= 0.3 is 6.61 Å². The largest absolute Gasteiger partial charge is 0.435 e. The van der Waals surface area contributed by atoms with E-state index in [1.165, 1.54) is 0 Å². The van der Waals surface area contributed by atoms with Gasteiger partial charge < -0.3 is 15.4 Å². The molecule has 0 heterocycles. The van der Waals surface area contributed by atoms with Crippen LogP contribution < -0.4 is 15.4 Å². The summed E-state index contributed by atoms with van der Waals surface area (Å²) in [6.45, 7) is -0.0967. The lowest BCUT2D eigenvalue weighted by Gasteiger charge is -2.13. The summed E-state index contributed by atoms with van der Waals surface area (Å²) in [5.41, 5.74) is 1.07. The molecule has 0 aromatic heterocycles. The van der Waals surface area contributed by atoms with Gasteiger partial charge in [-0.2, -0.15) is 8.78 Å². The van der Waals surface area contributed by atoms with Gasteiger partial charge in [0.25, 0.3) is 0 Å². The normalized spacial score (nSPS) is 12.2. The van der Waals surface area contributed by atoms with Crippen molar-refractivity contribution in [1.29, 1.82) is 0 Å². The smallest absolute Gasteiger partial charge is 0.387 e. The fraction of sp³-hybridized carbons (Fsp3) is 0.533. The van der Waals surface area contributed by atoms with Crippen molar-refractivity contribution >= 4 is 5.91 Å². The number of rotatable bonds is 9. The van der Waals surface area contributed by atoms with E-state index in [0.717, 1.165) is 18.4 Å². The fourth-order valence-corrected chi connectivity index (χ4v) is 1.88. The molecule has 0 aliphatic carbocycles. The standard InChI is InChI=1S/C15H22F2N2O2/c1-11(19-10-9-14(20)18-2)3-4-12-5-7-13(8-6-12)21-15(16)17/h5-8,11,15,19H,3-4,9-10H2,1-2H3,(H,18,20). The lowest BCUT2D eigenvalue weighted by atomic mass is 10.1. The van der Waals surface area contributed by atoms with Gasteiger partial charge in [-0.25, -0.2) is 0 Å². The van der Waals surface area contributed by atoms with E-state index in [1.807, 2.05) is 0 Å². The Labute approximate surface area is 123 Å². The highest BCUT2D eigenvalue weighted by Gasteiger charge is 2.06. The number of hydrogen-bond acceptors (Lipinski definition) is 3. The van der Waals surface area contributed by atoms with Crippen LogP contribution in [0.5, 0.6) is 5.75 Å². The summed E-state index contributed by atoms with van der Waals surface area (Å²) in [6.07, 6.45) is 2.20. The lowest BCUT2D eigenvalue weighted by Crippen LogP contribution is -2.31. The number of carbonyl (C=O) groups is 1. The molecule has 1 atom stereocenters. The maximum Gasteiger partial charge on any atom is 0.387 e. The molecule has 1 aromatic rings. The summed E-state index contributed by atoms with van der Waals surface area (Å²) in [5.74, 6) is 0.190. The molecule has 2 N–H and O–H groups in total. The zero-order valence-corrected chi connectivity index (χ0v) is 12.4. The highest BCUT2D eigenvalue weighted by molar-refractivity contribution is 5.75. The highest BCUT2D eigenvalue weighted by Crippen LogP contribution is 2.16. The maximum absolute atomic E-state index is 12.0. The van der Waals surface area contributed by atoms with Crippen molar-refractivity contribution in [3.8, 4) is 5.75 Å². The van der Waals surface area contributed by atoms with Crippen molar-refractivity contribution < 1.29 is 18.3 Å². The first-order valence-corrected chi connectivity index (χ1v) is 6.99.